The van der Waals surface area contributed by atoms with E-state index >= 15 is 0 Å². The molecule has 14 heavy (non-hydrogen) atoms. The summed E-state index contributed by atoms with van der Waals surface area (Å²) < 4.78 is 0. The van der Waals surface area contributed by atoms with Gasteiger partial charge in [-0.3, -0.25) is 4.98 Å². The standard InChI is InChI=1S/C12H15NO/c1-8(2)12-9-5-3-4-6-10(9)13-7-11(12)14/h3,5,7-8,14H,4,6H2,1-2H3. The molecule has 0 fully saturated rings. The molecule has 1 aliphatic rings. The highest BCUT2D eigenvalue weighted by Gasteiger charge is 2.16. The van der Waals surface area contributed by atoms with Crippen LogP contribution in [-0.4, -0.2) is 10.1 Å². The summed E-state index contributed by atoms with van der Waals surface area (Å²) in [4.78, 5) is 4.26. The van der Waals surface area contributed by atoms with E-state index in [0.29, 0.717) is 11.7 Å². The summed E-state index contributed by atoms with van der Waals surface area (Å²) in [5.41, 5.74) is 3.28. The molecule has 0 unspecified atom stereocenters. The SMILES string of the molecule is CC(C)c1c(O)cnc2c1C=CCC2. The van der Waals surface area contributed by atoms with Gasteiger partial charge in [0.25, 0.3) is 0 Å². The maximum Gasteiger partial charge on any atom is 0.137 e. The fourth-order valence-electron chi connectivity index (χ4n) is 1.98. The molecule has 0 atom stereocenters. The predicted molar refractivity (Wildman–Crippen MR) is 57.3 cm³/mol. The molecule has 0 aromatic carbocycles. The topological polar surface area (TPSA) is 33.1 Å². The van der Waals surface area contributed by atoms with Crippen molar-refractivity contribution in [3.05, 3.63) is 29.1 Å². The number of fused-ring (bicyclic) bond motifs is 1. The van der Waals surface area contributed by atoms with Gasteiger partial charge in [0.05, 0.1) is 6.20 Å². The zero-order valence-corrected chi connectivity index (χ0v) is 8.62. The quantitative estimate of drug-likeness (QED) is 0.736. The minimum atomic E-state index is 0.324. The lowest BCUT2D eigenvalue weighted by atomic mass is 9.91. The van der Waals surface area contributed by atoms with Crippen molar-refractivity contribution in [2.45, 2.75) is 32.6 Å². The zero-order valence-electron chi connectivity index (χ0n) is 8.62. The molecule has 0 amide bonds. The number of hydrogen-bond acceptors (Lipinski definition) is 2. The molecular formula is C12H15NO. The molecule has 74 valence electrons. The molecule has 0 aliphatic heterocycles. The second kappa shape index (κ2) is 3.45. The number of rotatable bonds is 1. The molecular weight excluding hydrogens is 174 g/mol. The average molecular weight is 189 g/mol. The molecule has 0 saturated heterocycles. The molecule has 2 heteroatoms. The van der Waals surface area contributed by atoms with Gasteiger partial charge < -0.3 is 5.11 Å². The van der Waals surface area contributed by atoms with Crippen molar-refractivity contribution in [1.82, 2.24) is 4.98 Å². The van der Waals surface area contributed by atoms with Crippen molar-refractivity contribution in [1.29, 1.82) is 0 Å². The Balaban J connectivity index is 2.63. The van der Waals surface area contributed by atoms with E-state index in [4.69, 9.17) is 0 Å². The summed E-state index contributed by atoms with van der Waals surface area (Å²) in [6, 6.07) is 0. The monoisotopic (exact) mass is 189 g/mol. The number of hydrogen-bond donors (Lipinski definition) is 1. The maximum absolute atomic E-state index is 9.74. The van der Waals surface area contributed by atoms with E-state index in [0.717, 1.165) is 29.7 Å². The summed E-state index contributed by atoms with van der Waals surface area (Å²) >= 11 is 0. The van der Waals surface area contributed by atoms with Gasteiger partial charge in [-0.05, 0) is 18.8 Å². The first-order chi connectivity index (χ1) is 6.70. The Hall–Kier alpha value is -1.31. The normalized spacial score (nSPS) is 14.5. The largest absolute Gasteiger partial charge is 0.506 e. The van der Waals surface area contributed by atoms with E-state index in [1.54, 1.807) is 6.20 Å². The third-order valence-corrected chi connectivity index (χ3v) is 2.63. The maximum atomic E-state index is 9.74. The third-order valence-electron chi connectivity index (χ3n) is 2.63. The Kier molecular flexibility index (Phi) is 2.28. The summed E-state index contributed by atoms with van der Waals surface area (Å²) in [5, 5.41) is 9.74. The fraction of sp³-hybridized carbons (Fsp3) is 0.417. The van der Waals surface area contributed by atoms with Gasteiger partial charge in [-0.1, -0.05) is 26.0 Å². The molecule has 0 spiro atoms. The van der Waals surface area contributed by atoms with Crippen molar-refractivity contribution in [2.75, 3.05) is 0 Å². The lowest BCUT2D eigenvalue weighted by Crippen LogP contribution is -2.03. The molecule has 1 aromatic heterocycles. The smallest absolute Gasteiger partial charge is 0.137 e. The molecule has 1 N–H and O–H groups in total. The van der Waals surface area contributed by atoms with Crippen molar-refractivity contribution in [3.8, 4) is 5.75 Å². The van der Waals surface area contributed by atoms with Crippen LogP contribution in [0.1, 0.15) is 43.0 Å². The Morgan fingerprint density at radius 2 is 2.21 bits per heavy atom. The second-order valence-electron chi connectivity index (χ2n) is 4.01. The van der Waals surface area contributed by atoms with Crippen LogP contribution in [-0.2, 0) is 6.42 Å². The van der Waals surface area contributed by atoms with Crippen molar-refractivity contribution < 1.29 is 5.11 Å². The first-order valence-corrected chi connectivity index (χ1v) is 5.07. The van der Waals surface area contributed by atoms with Crippen LogP contribution in [0.5, 0.6) is 5.75 Å². The van der Waals surface area contributed by atoms with Gasteiger partial charge in [-0.15, -0.1) is 0 Å². The molecule has 0 bridgehead atoms. The highest BCUT2D eigenvalue weighted by Crippen LogP contribution is 2.32. The zero-order chi connectivity index (χ0) is 10.1. The van der Waals surface area contributed by atoms with Gasteiger partial charge in [-0.2, -0.15) is 0 Å². The molecule has 0 radical (unpaired) electrons. The number of aryl methyl sites for hydroxylation is 1. The van der Waals surface area contributed by atoms with Crippen LogP contribution in [0, 0.1) is 0 Å². The number of pyridine rings is 1. The highest BCUT2D eigenvalue weighted by atomic mass is 16.3. The number of allylic oxidation sites excluding steroid dienone is 1. The highest BCUT2D eigenvalue weighted by molar-refractivity contribution is 5.62. The number of aromatic nitrogens is 1. The van der Waals surface area contributed by atoms with Gasteiger partial charge in [0, 0.05) is 16.8 Å². The van der Waals surface area contributed by atoms with Gasteiger partial charge in [-0.25, -0.2) is 0 Å². The third kappa shape index (κ3) is 1.41. The van der Waals surface area contributed by atoms with E-state index in [2.05, 4.69) is 31.0 Å². The Morgan fingerprint density at radius 3 is 2.93 bits per heavy atom. The van der Waals surface area contributed by atoms with E-state index in [-0.39, 0.29) is 0 Å². The second-order valence-corrected chi connectivity index (χ2v) is 4.01. The van der Waals surface area contributed by atoms with Crippen LogP contribution >= 0.6 is 0 Å². The predicted octanol–water partition coefficient (Wildman–Crippen LogP) is 2.87. The van der Waals surface area contributed by atoms with E-state index in [9.17, 15) is 5.11 Å². The number of nitrogens with zero attached hydrogens (tertiary/aromatic N) is 1. The average Bonchev–Trinajstić information content (AvgIpc) is 2.17. The molecule has 2 nitrogen and oxygen atoms in total. The molecule has 1 aromatic rings. The van der Waals surface area contributed by atoms with Crippen LogP contribution in [0.2, 0.25) is 0 Å². The summed E-state index contributed by atoms with van der Waals surface area (Å²) in [6.07, 6.45) is 7.86. The van der Waals surface area contributed by atoms with Crippen LogP contribution in [0.25, 0.3) is 6.08 Å². The lowest BCUT2D eigenvalue weighted by Gasteiger charge is -2.17. The van der Waals surface area contributed by atoms with Gasteiger partial charge in [0.2, 0.25) is 0 Å². The van der Waals surface area contributed by atoms with E-state index in [1.807, 2.05) is 0 Å². The van der Waals surface area contributed by atoms with Crippen LogP contribution < -0.4 is 0 Å². The minimum Gasteiger partial charge on any atom is -0.506 e. The van der Waals surface area contributed by atoms with Crippen LogP contribution in [0.4, 0.5) is 0 Å². The fourth-order valence-corrected chi connectivity index (χ4v) is 1.98. The molecule has 1 aliphatic carbocycles. The van der Waals surface area contributed by atoms with Crippen molar-refractivity contribution in [3.63, 3.8) is 0 Å². The Bertz CT molecular complexity index is 380. The Labute approximate surface area is 84.3 Å². The lowest BCUT2D eigenvalue weighted by molar-refractivity contribution is 0.461. The van der Waals surface area contributed by atoms with Crippen LogP contribution in [0.15, 0.2) is 12.3 Å². The van der Waals surface area contributed by atoms with Gasteiger partial charge in [0.15, 0.2) is 0 Å². The first-order valence-electron chi connectivity index (χ1n) is 5.07. The molecule has 1 heterocycles. The van der Waals surface area contributed by atoms with Crippen LogP contribution in [0.3, 0.4) is 0 Å². The van der Waals surface area contributed by atoms with Crippen molar-refractivity contribution >= 4 is 6.08 Å². The van der Waals surface area contributed by atoms with E-state index < -0.39 is 0 Å². The van der Waals surface area contributed by atoms with Crippen molar-refractivity contribution in [2.24, 2.45) is 0 Å². The first kappa shape index (κ1) is 9.25. The Morgan fingerprint density at radius 1 is 1.43 bits per heavy atom. The summed E-state index contributed by atoms with van der Waals surface area (Å²) in [5.74, 6) is 0.666. The number of aromatic hydroxyl groups is 1. The van der Waals surface area contributed by atoms with Gasteiger partial charge >= 0.3 is 0 Å². The van der Waals surface area contributed by atoms with E-state index in [1.165, 1.54) is 0 Å². The summed E-state index contributed by atoms with van der Waals surface area (Å²) in [7, 11) is 0. The minimum absolute atomic E-state index is 0.324. The summed E-state index contributed by atoms with van der Waals surface area (Å²) in [6.45, 7) is 4.19. The molecule has 0 saturated carbocycles. The van der Waals surface area contributed by atoms with Gasteiger partial charge in [0.1, 0.15) is 5.75 Å². The molecule has 2 rings (SSSR count).